The summed E-state index contributed by atoms with van der Waals surface area (Å²) in [6.45, 7) is -0.203. The second-order valence-corrected chi connectivity index (χ2v) is 8.14. The van der Waals surface area contributed by atoms with Gasteiger partial charge in [-0.05, 0) is 29.8 Å². The zero-order valence-corrected chi connectivity index (χ0v) is 18.5. The van der Waals surface area contributed by atoms with Crippen molar-refractivity contribution in [3.63, 3.8) is 0 Å². The van der Waals surface area contributed by atoms with Crippen LogP contribution in [0.3, 0.4) is 0 Å². The summed E-state index contributed by atoms with van der Waals surface area (Å²) in [6.07, 6.45) is -2.73. The molecule has 0 aliphatic rings. The maximum Gasteiger partial charge on any atom is 0.573 e. The fourth-order valence-electron chi connectivity index (χ4n) is 2.67. The number of likely N-dealkylation sites (N-methyl/N-ethyl adjacent to an activating group) is 1. The van der Waals surface area contributed by atoms with Crippen LogP contribution in [0.1, 0.15) is 20.8 Å². The molecule has 2 aromatic carbocycles. The number of ether oxygens (including phenoxy) is 2. The molecule has 0 unspecified atom stereocenters. The minimum atomic E-state index is -4.74. The first kappa shape index (κ1) is 24.1. The van der Waals surface area contributed by atoms with E-state index in [1.807, 2.05) is 0 Å². The number of hydrogen-bond acceptors (Lipinski definition) is 6. The first-order valence-corrected chi connectivity index (χ1v) is 10.4. The molecule has 0 fully saturated rings. The third-order valence-electron chi connectivity index (χ3n) is 4.29. The fourth-order valence-corrected chi connectivity index (χ4v) is 3.51. The van der Waals surface area contributed by atoms with Crippen LogP contribution in [0.2, 0.25) is 0 Å². The molecule has 0 aliphatic heterocycles. The van der Waals surface area contributed by atoms with Gasteiger partial charge in [0.1, 0.15) is 11.5 Å². The van der Waals surface area contributed by atoms with Gasteiger partial charge in [0.25, 0.3) is 11.8 Å². The van der Waals surface area contributed by atoms with Crippen molar-refractivity contribution in [3.05, 3.63) is 70.7 Å². The van der Waals surface area contributed by atoms with Crippen molar-refractivity contribution in [1.29, 1.82) is 0 Å². The highest BCUT2D eigenvalue weighted by Crippen LogP contribution is 2.26. The lowest BCUT2D eigenvalue weighted by molar-refractivity contribution is -0.274. The number of hydrogen-bond donors (Lipinski definition) is 1. The molecule has 0 bridgehead atoms. The molecule has 0 saturated carbocycles. The number of thiazole rings is 1. The highest BCUT2D eigenvalue weighted by molar-refractivity contribution is 7.15. The molecule has 3 aromatic rings. The van der Waals surface area contributed by atoms with Crippen molar-refractivity contribution in [2.75, 3.05) is 26.0 Å². The third kappa shape index (κ3) is 7.21. The minimum absolute atomic E-state index is 0.203. The van der Waals surface area contributed by atoms with E-state index < -0.39 is 12.3 Å². The van der Waals surface area contributed by atoms with E-state index in [-0.39, 0.29) is 29.6 Å². The average molecular weight is 479 g/mol. The van der Waals surface area contributed by atoms with E-state index in [1.165, 1.54) is 40.5 Å². The summed E-state index contributed by atoms with van der Waals surface area (Å²) < 4.78 is 46.2. The van der Waals surface area contributed by atoms with Crippen molar-refractivity contribution in [2.24, 2.45) is 0 Å². The summed E-state index contributed by atoms with van der Waals surface area (Å²) in [5.74, 6) is -0.718. The molecular weight excluding hydrogens is 459 g/mol. The van der Waals surface area contributed by atoms with Gasteiger partial charge in [0.15, 0.2) is 11.7 Å². The van der Waals surface area contributed by atoms with E-state index in [0.717, 1.165) is 10.4 Å². The van der Waals surface area contributed by atoms with E-state index in [2.05, 4.69) is 15.0 Å². The third-order valence-corrected chi connectivity index (χ3v) is 5.20. The fraction of sp³-hybridized carbons (Fsp3) is 0.227. The number of benzene rings is 2. The molecule has 1 heterocycles. The number of carbonyl (C=O) groups excluding carboxylic acids is 2. The Morgan fingerprint density at radius 3 is 2.45 bits per heavy atom. The van der Waals surface area contributed by atoms with E-state index in [9.17, 15) is 22.8 Å². The van der Waals surface area contributed by atoms with Crippen LogP contribution in [0.4, 0.5) is 18.3 Å². The van der Waals surface area contributed by atoms with Gasteiger partial charge in [0.2, 0.25) is 0 Å². The predicted molar refractivity (Wildman–Crippen MR) is 117 cm³/mol. The van der Waals surface area contributed by atoms with Crippen molar-refractivity contribution in [3.8, 4) is 11.5 Å². The smallest absolute Gasteiger partial charge is 0.483 e. The largest absolute Gasteiger partial charge is 0.573 e. The van der Waals surface area contributed by atoms with E-state index in [4.69, 9.17) is 4.74 Å². The highest BCUT2D eigenvalue weighted by atomic mass is 32.1. The van der Waals surface area contributed by atoms with Crippen LogP contribution >= 0.6 is 11.3 Å². The summed E-state index contributed by atoms with van der Waals surface area (Å²) in [7, 11) is 3.21. The Balaban J connectivity index is 1.62. The lowest BCUT2D eigenvalue weighted by Crippen LogP contribution is -2.28. The molecule has 1 N–H and O–H groups in total. The normalized spacial score (nSPS) is 11.1. The number of para-hydroxylation sites is 1. The zero-order chi connectivity index (χ0) is 24.0. The van der Waals surface area contributed by atoms with E-state index in [1.54, 1.807) is 44.6 Å². The monoisotopic (exact) mass is 479 g/mol. The van der Waals surface area contributed by atoms with Crippen molar-refractivity contribution in [1.82, 2.24) is 9.88 Å². The Hall–Kier alpha value is -3.60. The van der Waals surface area contributed by atoms with Gasteiger partial charge < -0.3 is 14.4 Å². The molecule has 2 amide bonds. The lowest BCUT2D eigenvalue weighted by atomic mass is 10.1. The Bertz CT molecular complexity index is 1110. The van der Waals surface area contributed by atoms with E-state index >= 15 is 0 Å². The zero-order valence-electron chi connectivity index (χ0n) is 17.7. The molecule has 1 aromatic heterocycles. The second kappa shape index (κ2) is 10.3. The summed E-state index contributed by atoms with van der Waals surface area (Å²) >= 11 is 1.24. The quantitative estimate of drug-likeness (QED) is 0.520. The Morgan fingerprint density at radius 2 is 1.79 bits per heavy atom. The average Bonchev–Trinajstić information content (AvgIpc) is 3.19. The molecule has 0 saturated heterocycles. The lowest BCUT2D eigenvalue weighted by Gasteiger charge is -2.13. The van der Waals surface area contributed by atoms with Crippen LogP contribution < -0.4 is 14.8 Å². The number of halogens is 3. The summed E-state index contributed by atoms with van der Waals surface area (Å²) in [5.41, 5.74) is 1.01. The summed E-state index contributed by atoms with van der Waals surface area (Å²) in [6, 6.07) is 12.1. The number of anilines is 1. The molecular formula is C22H20F3N3O4S. The van der Waals surface area contributed by atoms with E-state index in [0.29, 0.717) is 11.6 Å². The van der Waals surface area contributed by atoms with Gasteiger partial charge in [-0.25, -0.2) is 4.98 Å². The molecule has 0 radical (unpaired) electrons. The SMILES string of the molecule is CN(C)C(=O)COc1ccccc1C(=O)Nc1ncc(Cc2ccc(OC(F)(F)F)cc2)s1. The highest BCUT2D eigenvalue weighted by Gasteiger charge is 2.30. The Labute approximate surface area is 191 Å². The number of rotatable bonds is 8. The number of nitrogens with zero attached hydrogens (tertiary/aromatic N) is 2. The molecule has 11 heteroatoms. The van der Waals surface area contributed by atoms with Crippen LogP contribution in [-0.4, -0.2) is 48.8 Å². The van der Waals surface area contributed by atoms with Crippen LogP contribution in [0.15, 0.2) is 54.7 Å². The molecule has 3 rings (SSSR count). The second-order valence-electron chi connectivity index (χ2n) is 7.03. The number of amides is 2. The number of alkyl halides is 3. The van der Waals surface area contributed by atoms with Gasteiger partial charge in [0.05, 0.1) is 5.56 Å². The van der Waals surface area contributed by atoms with Crippen LogP contribution in [0.5, 0.6) is 11.5 Å². The minimum Gasteiger partial charge on any atom is -0.483 e. The molecule has 0 spiro atoms. The van der Waals surface area contributed by atoms with Gasteiger partial charge >= 0.3 is 6.36 Å². The predicted octanol–water partition coefficient (Wildman–Crippen LogP) is 4.35. The number of carbonyl (C=O) groups is 2. The van der Waals surface area contributed by atoms with Gasteiger partial charge in [-0.15, -0.1) is 24.5 Å². The van der Waals surface area contributed by atoms with Crippen LogP contribution in [0.25, 0.3) is 0 Å². The van der Waals surface area contributed by atoms with Crippen molar-refractivity contribution in [2.45, 2.75) is 12.8 Å². The topological polar surface area (TPSA) is 80.8 Å². The van der Waals surface area contributed by atoms with Crippen molar-refractivity contribution < 1.29 is 32.2 Å². The first-order valence-electron chi connectivity index (χ1n) is 9.63. The molecule has 33 heavy (non-hydrogen) atoms. The van der Waals surface area contributed by atoms with Gasteiger partial charge in [-0.3, -0.25) is 14.9 Å². The number of aromatic nitrogens is 1. The molecule has 174 valence electrons. The Morgan fingerprint density at radius 1 is 1.09 bits per heavy atom. The summed E-state index contributed by atoms with van der Waals surface area (Å²) in [5, 5.41) is 3.05. The Kier molecular flexibility index (Phi) is 7.54. The molecule has 7 nitrogen and oxygen atoms in total. The first-order chi connectivity index (χ1) is 15.6. The van der Waals surface area contributed by atoms with Gasteiger partial charge in [0, 0.05) is 31.6 Å². The number of nitrogens with one attached hydrogen (secondary N) is 1. The molecule has 0 atom stereocenters. The van der Waals surface area contributed by atoms with Crippen LogP contribution in [0, 0.1) is 0 Å². The summed E-state index contributed by atoms with van der Waals surface area (Å²) in [4.78, 5) is 30.8. The maximum atomic E-state index is 12.7. The maximum absolute atomic E-state index is 12.7. The molecule has 0 aliphatic carbocycles. The van der Waals surface area contributed by atoms with Crippen molar-refractivity contribution >= 4 is 28.3 Å². The van der Waals surface area contributed by atoms with Gasteiger partial charge in [-0.1, -0.05) is 24.3 Å². The van der Waals surface area contributed by atoms with Crippen LogP contribution in [-0.2, 0) is 11.2 Å². The standard InChI is InChI=1S/C22H20F3N3O4S/c1-28(2)19(29)13-31-18-6-4-3-5-17(18)20(30)27-21-26-12-16(33-21)11-14-7-9-15(10-8-14)32-22(23,24)25/h3-10,12H,11,13H2,1-2H3,(H,26,27,30). The van der Waals surface area contributed by atoms with Gasteiger partial charge in [-0.2, -0.15) is 0 Å².